The van der Waals surface area contributed by atoms with E-state index in [0.29, 0.717) is 11.5 Å². The zero-order valence-corrected chi connectivity index (χ0v) is 13.2. The SMILES string of the molecule is CNC(c1ccc(Br)o1)C1(CC(C)C)CCCC1. The Balaban J connectivity index is 2.27. The van der Waals surface area contributed by atoms with Gasteiger partial charge in [0.2, 0.25) is 0 Å². The van der Waals surface area contributed by atoms with Gasteiger partial charge in [-0.25, -0.2) is 0 Å². The van der Waals surface area contributed by atoms with Crippen LogP contribution >= 0.6 is 15.9 Å². The molecule has 1 unspecified atom stereocenters. The van der Waals surface area contributed by atoms with Crippen LogP contribution in [0.25, 0.3) is 0 Å². The van der Waals surface area contributed by atoms with Crippen molar-refractivity contribution in [3.05, 3.63) is 22.6 Å². The number of furan rings is 1. The summed E-state index contributed by atoms with van der Waals surface area (Å²) in [5, 5.41) is 3.51. The molecule has 18 heavy (non-hydrogen) atoms. The van der Waals surface area contributed by atoms with Crippen LogP contribution in [0.5, 0.6) is 0 Å². The predicted molar refractivity (Wildman–Crippen MR) is 78.6 cm³/mol. The van der Waals surface area contributed by atoms with E-state index in [9.17, 15) is 0 Å². The van der Waals surface area contributed by atoms with E-state index in [4.69, 9.17) is 4.42 Å². The van der Waals surface area contributed by atoms with Crippen LogP contribution in [0.2, 0.25) is 0 Å². The molecule has 1 aliphatic rings. The molecule has 0 bridgehead atoms. The molecule has 1 heterocycles. The Labute approximate surface area is 119 Å². The first kappa shape index (κ1) is 14.1. The highest BCUT2D eigenvalue weighted by molar-refractivity contribution is 9.10. The van der Waals surface area contributed by atoms with E-state index in [1.165, 1.54) is 32.1 Å². The normalized spacial score (nSPS) is 20.5. The third-order valence-electron chi connectivity index (χ3n) is 4.19. The van der Waals surface area contributed by atoms with Gasteiger partial charge < -0.3 is 9.73 Å². The van der Waals surface area contributed by atoms with E-state index in [2.05, 4.69) is 48.2 Å². The summed E-state index contributed by atoms with van der Waals surface area (Å²) < 4.78 is 6.64. The minimum absolute atomic E-state index is 0.341. The van der Waals surface area contributed by atoms with Gasteiger partial charge in [-0.1, -0.05) is 26.7 Å². The quantitative estimate of drug-likeness (QED) is 0.835. The van der Waals surface area contributed by atoms with Gasteiger partial charge in [0.25, 0.3) is 0 Å². The van der Waals surface area contributed by atoms with Crippen LogP contribution in [0.3, 0.4) is 0 Å². The monoisotopic (exact) mass is 313 g/mol. The molecule has 1 aliphatic carbocycles. The summed E-state index contributed by atoms with van der Waals surface area (Å²) in [6, 6.07) is 4.44. The molecule has 0 radical (unpaired) electrons. The maximum absolute atomic E-state index is 5.81. The number of nitrogens with one attached hydrogen (secondary N) is 1. The first-order chi connectivity index (χ1) is 8.57. The number of hydrogen-bond acceptors (Lipinski definition) is 2. The maximum atomic E-state index is 5.81. The Hall–Kier alpha value is -0.280. The molecule has 2 rings (SSSR count). The van der Waals surface area contributed by atoms with Crippen LogP contribution in [0, 0.1) is 11.3 Å². The van der Waals surface area contributed by atoms with Crippen LogP contribution in [0.1, 0.15) is 57.8 Å². The molecule has 1 saturated carbocycles. The molecular formula is C15H24BrNO. The van der Waals surface area contributed by atoms with Crippen molar-refractivity contribution in [3.8, 4) is 0 Å². The summed E-state index contributed by atoms with van der Waals surface area (Å²) in [6.07, 6.45) is 6.61. The summed E-state index contributed by atoms with van der Waals surface area (Å²) in [5.74, 6) is 1.81. The molecule has 1 atom stereocenters. The van der Waals surface area contributed by atoms with Gasteiger partial charge in [0.15, 0.2) is 4.67 Å². The first-order valence-corrected chi connectivity index (χ1v) is 7.79. The lowest BCUT2D eigenvalue weighted by atomic mass is 9.72. The van der Waals surface area contributed by atoms with Gasteiger partial charge in [-0.15, -0.1) is 0 Å². The highest BCUT2D eigenvalue weighted by Gasteiger charge is 2.42. The smallest absolute Gasteiger partial charge is 0.169 e. The highest BCUT2D eigenvalue weighted by atomic mass is 79.9. The topological polar surface area (TPSA) is 25.2 Å². The molecule has 0 aliphatic heterocycles. The van der Waals surface area contributed by atoms with E-state index < -0.39 is 0 Å². The molecule has 3 heteroatoms. The van der Waals surface area contributed by atoms with Gasteiger partial charge in [-0.05, 0) is 65.7 Å². The van der Waals surface area contributed by atoms with Crippen LogP contribution in [0.15, 0.2) is 21.2 Å². The van der Waals surface area contributed by atoms with Crippen LogP contribution in [-0.4, -0.2) is 7.05 Å². The molecular weight excluding hydrogens is 290 g/mol. The second-order valence-electron chi connectivity index (χ2n) is 6.03. The second-order valence-corrected chi connectivity index (χ2v) is 6.81. The molecule has 1 aromatic heterocycles. The van der Waals surface area contributed by atoms with Crippen molar-refractivity contribution in [2.24, 2.45) is 11.3 Å². The van der Waals surface area contributed by atoms with Crippen molar-refractivity contribution in [1.82, 2.24) is 5.32 Å². The van der Waals surface area contributed by atoms with Gasteiger partial charge >= 0.3 is 0 Å². The van der Waals surface area contributed by atoms with E-state index >= 15 is 0 Å². The molecule has 2 nitrogen and oxygen atoms in total. The van der Waals surface area contributed by atoms with Crippen molar-refractivity contribution in [2.45, 2.75) is 52.0 Å². The lowest BCUT2D eigenvalue weighted by molar-refractivity contribution is 0.143. The third-order valence-corrected chi connectivity index (χ3v) is 4.62. The summed E-state index contributed by atoms with van der Waals surface area (Å²) in [6.45, 7) is 4.65. The van der Waals surface area contributed by atoms with Crippen molar-refractivity contribution >= 4 is 15.9 Å². The molecule has 1 fully saturated rings. The number of halogens is 1. The zero-order valence-electron chi connectivity index (χ0n) is 11.6. The van der Waals surface area contributed by atoms with Crippen molar-refractivity contribution < 1.29 is 4.42 Å². The summed E-state index contributed by atoms with van der Waals surface area (Å²) in [4.78, 5) is 0. The van der Waals surface area contributed by atoms with E-state index in [1.54, 1.807) is 0 Å². The van der Waals surface area contributed by atoms with E-state index in [-0.39, 0.29) is 0 Å². The largest absolute Gasteiger partial charge is 0.453 e. The fraction of sp³-hybridized carbons (Fsp3) is 0.733. The minimum Gasteiger partial charge on any atom is -0.453 e. The molecule has 0 saturated heterocycles. The fourth-order valence-corrected chi connectivity index (χ4v) is 4.06. The van der Waals surface area contributed by atoms with Gasteiger partial charge in [0.1, 0.15) is 5.76 Å². The van der Waals surface area contributed by atoms with Gasteiger partial charge in [-0.2, -0.15) is 0 Å². The zero-order chi connectivity index (χ0) is 13.2. The van der Waals surface area contributed by atoms with Crippen molar-refractivity contribution in [3.63, 3.8) is 0 Å². The second kappa shape index (κ2) is 5.79. The predicted octanol–water partition coefficient (Wildman–Crippen LogP) is 4.91. The van der Waals surface area contributed by atoms with Crippen LogP contribution in [0.4, 0.5) is 0 Å². The molecule has 0 amide bonds. The fourth-order valence-electron chi connectivity index (χ4n) is 3.74. The average molecular weight is 314 g/mol. The summed E-state index contributed by atoms with van der Waals surface area (Å²) in [7, 11) is 2.06. The van der Waals surface area contributed by atoms with Crippen LogP contribution < -0.4 is 5.32 Å². The van der Waals surface area contributed by atoms with E-state index in [0.717, 1.165) is 16.3 Å². The molecule has 0 spiro atoms. The number of rotatable bonds is 5. The van der Waals surface area contributed by atoms with Crippen LogP contribution in [-0.2, 0) is 0 Å². The van der Waals surface area contributed by atoms with E-state index in [1.807, 2.05) is 6.07 Å². The Bertz CT molecular complexity index is 380. The van der Waals surface area contributed by atoms with Crippen molar-refractivity contribution in [1.29, 1.82) is 0 Å². The number of hydrogen-bond donors (Lipinski definition) is 1. The highest BCUT2D eigenvalue weighted by Crippen LogP contribution is 2.51. The molecule has 102 valence electrons. The lowest BCUT2D eigenvalue weighted by Gasteiger charge is -2.38. The first-order valence-electron chi connectivity index (χ1n) is 7.00. The Morgan fingerprint density at radius 1 is 1.33 bits per heavy atom. The third kappa shape index (κ3) is 2.83. The molecule has 0 aromatic carbocycles. The van der Waals surface area contributed by atoms with Gasteiger partial charge in [0.05, 0.1) is 6.04 Å². The Morgan fingerprint density at radius 2 is 2.00 bits per heavy atom. The Kier molecular flexibility index (Phi) is 4.54. The maximum Gasteiger partial charge on any atom is 0.169 e. The Morgan fingerprint density at radius 3 is 2.44 bits per heavy atom. The van der Waals surface area contributed by atoms with Gasteiger partial charge in [0, 0.05) is 0 Å². The summed E-state index contributed by atoms with van der Waals surface area (Å²) in [5.41, 5.74) is 0.375. The lowest BCUT2D eigenvalue weighted by Crippen LogP contribution is -2.35. The molecule has 1 N–H and O–H groups in total. The average Bonchev–Trinajstić information content (AvgIpc) is 2.89. The standard InChI is InChI=1S/C15H24BrNO/c1-11(2)10-15(8-4-5-9-15)14(17-3)12-6-7-13(16)18-12/h6-7,11,14,17H,4-5,8-10H2,1-3H3. The summed E-state index contributed by atoms with van der Waals surface area (Å²) >= 11 is 3.41. The van der Waals surface area contributed by atoms with Crippen molar-refractivity contribution in [2.75, 3.05) is 7.05 Å². The molecule has 1 aromatic rings. The minimum atomic E-state index is 0.341. The van der Waals surface area contributed by atoms with Gasteiger partial charge in [-0.3, -0.25) is 0 Å².